The molecule has 0 bridgehead atoms. The molecular weight excluding hydrogens is 1460 g/mol. The van der Waals surface area contributed by atoms with E-state index >= 15 is 0 Å². The number of para-hydroxylation sites is 6. The van der Waals surface area contributed by atoms with Gasteiger partial charge in [-0.25, -0.2) is 0 Å². The van der Waals surface area contributed by atoms with Crippen LogP contribution in [-0.2, 0) is 16.2 Å². The van der Waals surface area contributed by atoms with Crippen LogP contribution in [0.25, 0.3) is 154 Å². The molecule has 0 atom stereocenters. The zero-order valence-electron chi connectivity index (χ0n) is 75.1. The van der Waals surface area contributed by atoms with E-state index in [0.717, 1.165) is 171 Å². The van der Waals surface area contributed by atoms with E-state index in [9.17, 15) is 8.22 Å². The third-order valence-corrected chi connectivity index (χ3v) is 25.6. The first-order valence-electron chi connectivity index (χ1n) is 45.2. The molecule has 0 unspecified atom stereocenters. The molecule has 121 heavy (non-hydrogen) atoms. The molecule has 23 rings (SSSR count). The van der Waals surface area contributed by atoms with Crippen LogP contribution in [0.4, 0.5) is 34.1 Å². The van der Waals surface area contributed by atoms with Crippen molar-refractivity contribution in [1.82, 2.24) is 18.3 Å². The summed E-state index contributed by atoms with van der Waals surface area (Å²) in [5, 5.41) is 8.11. The predicted molar refractivity (Wildman–Crippen MR) is 516 cm³/mol. The van der Waals surface area contributed by atoms with Gasteiger partial charge in [0.1, 0.15) is 0 Å². The molecule has 578 valence electrons. The molecule has 0 spiro atoms. The van der Waals surface area contributed by atoms with Crippen LogP contribution in [0.1, 0.15) is 87.2 Å². The van der Waals surface area contributed by atoms with E-state index in [0.29, 0.717) is 39.1 Å². The second kappa shape index (κ2) is 27.1. The minimum Gasteiger partial charge on any atom is -0.310 e. The maximum Gasteiger partial charge on any atom is 0.252 e. The van der Waals surface area contributed by atoms with Crippen molar-refractivity contribution in [2.75, 3.05) is 9.80 Å². The Morgan fingerprint density at radius 3 is 0.810 bits per heavy atom. The van der Waals surface area contributed by atoms with Crippen molar-refractivity contribution in [1.29, 1.82) is 0 Å². The van der Waals surface area contributed by atoms with E-state index in [2.05, 4.69) is 418 Å². The molecule has 21 aromatic rings. The average molecular weight is 1560 g/mol. The maximum atomic E-state index is 12.2. The number of hydrogen-bond donors (Lipinski definition) is 0. The fraction of sp³-hybridized carbons (Fsp3) is 0.105. The van der Waals surface area contributed by atoms with Gasteiger partial charge in [-0.15, -0.1) is 0 Å². The summed E-state index contributed by atoms with van der Waals surface area (Å²) >= 11 is 0. The Labute approximate surface area is 714 Å². The lowest BCUT2D eigenvalue weighted by Crippen LogP contribution is -2.61. The number of rotatable bonds is 10. The van der Waals surface area contributed by atoms with E-state index in [1.54, 1.807) is 0 Å². The predicted octanol–water partition coefficient (Wildman–Crippen LogP) is 28.7. The van der Waals surface area contributed by atoms with Crippen LogP contribution in [0.15, 0.2) is 376 Å². The summed E-state index contributed by atoms with van der Waals surface area (Å²) in [7, 11) is 0. The first kappa shape index (κ1) is 65.6. The summed E-state index contributed by atoms with van der Waals surface area (Å²) in [5.41, 5.74) is 23.2. The van der Waals surface area contributed by atoms with Crippen molar-refractivity contribution in [2.24, 2.45) is 0 Å². The minimum absolute atomic E-state index is 0.0173. The molecule has 7 heteroatoms. The van der Waals surface area contributed by atoms with Crippen molar-refractivity contribution in [3.05, 3.63) is 393 Å². The lowest BCUT2D eigenvalue weighted by atomic mass is 9.33. The van der Waals surface area contributed by atoms with Crippen LogP contribution in [0.3, 0.4) is 0 Å². The van der Waals surface area contributed by atoms with Crippen LogP contribution < -0.4 is 26.2 Å². The van der Waals surface area contributed by atoms with E-state index in [1.807, 2.05) is 12.1 Å². The van der Waals surface area contributed by atoms with Crippen LogP contribution in [0.5, 0.6) is 0 Å². The van der Waals surface area contributed by atoms with Gasteiger partial charge < -0.3 is 28.1 Å². The van der Waals surface area contributed by atoms with Gasteiger partial charge in [-0.2, -0.15) is 0 Å². The summed E-state index contributed by atoms with van der Waals surface area (Å²) in [5.74, 6) is 0. The summed E-state index contributed by atoms with van der Waals surface area (Å²) in [4.78, 5) is 4.60. The number of aromatic nitrogens is 4. The standard InChI is InChI=1S/C114H89BN6/c1-112(2,3)76-64-87(72-36-14-10-15-37-72)110(88(65-76)73-38-16-11-17-39-73)120-103-70-79(116-97-54-32-26-48-85(97)107-99(116)56-34-58-101(107)118-93-50-28-22-44-81(93)82-45-23-29-51-94(82)118)60-62-91(103)115-92-63-61-80(117-98-55-33-27-49-86(98)108-100(117)57-35-59-102(108)119-95-52-30-24-46-83(95)84-47-25-31-53-96(84)119)71-104(92)121(106-69-78(114(7,8)9)68-105(120)109(106)115)111-89(74-40-18-12-19-41-74)66-77(113(4,5)6)67-90(111)75-42-20-13-21-43-75/h10-71H,1-9H3/i60D,61D,62D,63D,70D,71D. The second-order valence-corrected chi connectivity index (χ2v) is 35.8. The van der Waals surface area contributed by atoms with Gasteiger partial charge in [0.25, 0.3) is 6.71 Å². The smallest absolute Gasteiger partial charge is 0.252 e. The molecule has 2 aliphatic heterocycles. The summed E-state index contributed by atoms with van der Waals surface area (Å²) in [6.45, 7) is 19.1. The number of benzene rings is 17. The van der Waals surface area contributed by atoms with Crippen LogP contribution >= 0.6 is 0 Å². The maximum absolute atomic E-state index is 12.2. The lowest BCUT2D eigenvalue weighted by Gasteiger charge is -2.47. The zero-order valence-corrected chi connectivity index (χ0v) is 69.1. The number of fused-ring (bicyclic) bond motifs is 16. The number of anilines is 6. The molecule has 6 heterocycles. The van der Waals surface area contributed by atoms with Gasteiger partial charge in [-0.05, 0) is 193 Å². The molecule has 0 fully saturated rings. The van der Waals surface area contributed by atoms with Crippen molar-refractivity contribution in [2.45, 2.75) is 78.6 Å². The van der Waals surface area contributed by atoms with Gasteiger partial charge in [-0.1, -0.05) is 317 Å². The first-order valence-corrected chi connectivity index (χ1v) is 42.2. The van der Waals surface area contributed by atoms with Gasteiger partial charge in [0.15, 0.2) is 0 Å². The number of hydrogen-bond acceptors (Lipinski definition) is 2. The van der Waals surface area contributed by atoms with Gasteiger partial charge in [0.2, 0.25) is 0 Å². The molecule has 0 saturated heterocycles. The molecule has 0 radical (unpaired) electrons. The highest BCUT2D eigenvalue weighted by Crippen LogP contribution is 2.57. The minimum atomic E-state index is -1.19. The van der Waals surface area contributed by atoms with Crippen LogP contribution in [-0.4, -0.2) is 25.0 Å². The highest BCUT2D eigenvalue weighted by atomic mass is 15.2. The number of nitrogens with zero attached hydrogens (tertiary/aromatic N) is 6. The van der Waals surface area contributed by atoms with Crippen LogP contribution in [0.2, 0.25) is 0 Å². The van der Waals surface area contributed by atoms with Crippen molar-refractivity contribution in [3.8, 4) is 67.3 Å². The van der Waals surface area contributed by atoms with E-state index in [1.165, 1.54) is 0 Å². The lowest BCUT2D eigenvalue weighted by molar-refractivity contribution is 0.590. The van der Waals surface area contributed by atoms with Crippen molar-refractivity contribution in [3.63, 3.8) is 0 Å². The largest absolute Gasteiger partial charge is 0.310 e. The molecule has 0 amide bonds. The molecule has 4 aromatic heterocycles. The van der Waals surface area contributed by atoms with Gasteiger partial charge >= 0.3 is 0 Å². The van der Waals surface area contributed by atoms with Crippen molar-refractivity contribution < 1.29 is 8.22 Å². The Bertz CT molecular complexity index is 7530. The molecule has 0 aliphatic carbocycles. The van der Waals surface area contributed by atoms with Gasteiger partial charge in [0, 0.05) is 99.5 Å². The Morgan fingerprint density at radius 1 is 0.240 bits per heavy atom. The second-order valence-electron chi connectivity index (χ2n) is 35.8. The molecule has 0 N–H and O–H groups in total. The Hall–Kier alpha value is -14.4. The summed E-state index contributed by atoms with van der Waals surface area (Å²) in [6.07, 6.45) is 0. The topological polar surface area (TPSA) is 26.2 Å². The summed E-state index contributed by atoms with van der Waals surface area (Å²) < 4.78 is 79.7. The molecule has 0 saturated carbocycles. The molecule has 6 nitrogen and oxygen atoms in total. The monoisotopic (exact) mass is 1560 g/mol. The molecule has 2 aliphatic rings. The Morgan fingerprint density at radius 2 is 0.504 bits per heavy atom. The normalized spacial score (nSPS) is 13.6. The highest BCUT2D eigenvalue weighted by Gasteiger charge is 2.47. The average Bonchev–Trinajstić information content (AvgIpc) is 1.26. The fourth-order valence-corrected chi connectivity index (χ4v) is 19.8. The molecule has 17 aromatic carbocycles. The third-order valence-electron chi connectivity index (χ3n) is 25.6. The highest BCUT2D eigenvalue weighted by molar-refractivity contribution is 7.00. The third kappa shape index (κ3) is 11.1. The Kier molecular flexibility index (Phi) is 14.7. The Balaban J connectivity index is 0.919. The summed E-state index contributed by atoms with van der Waals surface area (Å²) in [6, 6.07) is 119. The van der Waals surface area contributed by atoms with E-state index in [4.69, 9.17) is 0 Å². The van der Waals surface area contributed by atoms with Crippen molar-refractivity contribution >= 4 is 144 Å². The first-order chi connectivity index (χ1) is 61.5. The van der Waals surface area contributed by atoms with E-state index in [-0.39, 0.29) is 47.6 Å². The van der Waals surface area contributed by atoms with E-state index < -0.39 is 23.0 Å². The van der Waals surface area contributed by atoms with Crippen LogP contribution in [0, 0.1) is 0 Å². The zero-order chi connectivity index (χ0) is 86.7. The quantitative estimate of drug-likeness (QED) is 0.128. The fourth-order valence-electron chi connectivity index (χ4n) is 19.8. The van der Waals surface area contributed by atoms with Gasteiger partial charge in [-0.3, -0.25) is 0 Å². The molecular formula is C114H89BN6. The SMILES string of the molecule is [2H]c1c([2H])c(-n2c3ccccc3c3c(-n4c5ccccc5c5ccccc54)cccc32)c([2H])c2c1B1c3c(cc(C(C)(C)C)cc3N(c3c(-c4ccccc4)cc(C(C)(C)C)cc3-c3ccccc3)c3c([2H])c(-n4c5ccccc5c5c(-n6c7ccccc7c7ccccc76)cccc54)c([2H])c([2H])c31)N2c1c(-c2ccccc2)cc(C(C)(C)C)cc1-c1ccccc1. The van der Waals surface area contributed by atoms with Gasteiger partial charge in [0.05, 0.1) is 75.1 Å².